The number of nitrogens with one attached hydrogen (secondary N) is 1. The second-order valence-corrected chi connectivity index (χ2v) is 8.81. The molecule has 1 amide bonds. The molecule has 35 heavy (non-hydrogen) atoms. The maximum absolute atomic E-state index is 13.4. The molecular weight excluding hydrogens is 463 g/mol. The molecule has 9 heteroatoms. The van der Waals surface area contributed by atoms with Gasteiger partial charge in [0.05, 0.1) is 22.3 Å². The standard InChI is InChI=1S/C26H21FN6OS/c1-17-15-30-26(32-23(17)19-4-6-20(27)7-5-19)33-24(22-3-2-14-35-22)21(16-31-33)25(34)29-13-10-18-8-11-28-12-9-18/h2-9,11-12,14-16H,10,13H2,1H3,(H,29,34). The van der Waals surface area contributed by atoms with E-state index in [0.29, 0.717) is 35.9 Å². The van der Waals surface area contributed by atoms with E-state index in [1.807, 2.05) is 36.6 Å². The molecule has 4 aromatic heterocycles. The number of rotatable bonds is 7. The van der Waals surface area contributed by atoms with Gasteiger partial charge in [-0.15, -0.1) is 11.3 Å². The molecule has 0 saturated heterocycles. The number of nitrogens with zero attached hydrogens (tertiary/aromatic N) is 5. The van der Waals surface area contributed by atoms with E-state index in [1.165, 1.54) is 29.7 Å². The Hall–Kier alpha value is -4.24. The Labute approximate surface area is 205 Å². The quantitative estimate of drug-likeness (QED) is 0.356. The minimum Gasteiger partial charge on any atom is -0.352 e. The number of hydrogen-bond donors (Lipinski definition) is 1. The average Bonchev–Trinajstić information content (AvgIpc) is 3.56. The van der Waals surface area contributed by atoms with Gasteiger partial charge in [0.1, 0.15) is 11.5 Å². The summed E-state index contributed by atoms with van der Waals surface area (Å²) in [4.78, 5) is 27.2. The molecule has 5 aromatic rings. The predicted molar refractivity (Wildman–Crippen MR) is 133 cm³/mol. The molecular formula is C26H21FN6OS. The Morgan fingerprint density at radius 2 is 1.89 bits per heavy atom. The smallest absolute Gasteiger partial charge is 0.255 e. The third-order valence-corrected chi connectivity index (χ3v) is 6.36. The third kappa shape index (κ3) is 4.85. The fourth-order valence-corrected chi connectivity index (χ4v) is 4.49. The zero-order chi connectivity index (χ0) is 24.2. The topological polar surface area (TPSA) is 85.6 Å². The highest BCUT2D eigenvalue weighted by atomic mass is 32.1. The molecule has 0 aliphatic carbocycles. The summed E-state index contributed by atoms with van der Waals surface area (Å²) in [5.74, 6) is -0.207. The van der Waals surface area contributed by atoms with Crippen LogP contribution in [0.1, 0.15) is 21.5 Å². The summed E-state index contributed by atoms with van der Waals surface area (Å²) in [7, 11) is 0. The number of halogens is 1. The van der Waals surface area contributed by atoms with Crippen molar-refractivity contribution in [1.82, 2.24) is 30.0 Å². The molecule has 0 saturated carbocycles. The van der Waals surface area contributed by atoms with Crippen molar-refractivity contribution < 1.29 is 9.18 Å². The van der Waals surface area contributed by atoms with Gasteiger partial charge >= 0.3 is 0 Å². The van der Waals surface area contributed by atoms with E-state index in [0.717, 1.165) is 21.6 Å². The fraction of sp³-hybridized carbons (Fsp3) is 0.115. The number of hydrogen-bond acceptors (Lipinski definition) is 6. The van der Waals surface area contributed by atoms with Crippen molar-refractivity contribution in [2.45, 2.75) is 13.3 Å². The highest BCUT2D eigenvalue weighted by molar-refractivity contribution is 7.13. The van der Waals surface area contributed by atoms with Crippen molar-refractivity contribution >= 4 is 17.2 Å². The maximum Gasteiger partial charge on any atom is 0.255 e. The van der Waals surface area contributed by atoms with Crippen LogP contribution in [0.2, 0.25) is 0 Å². The normalized spacial score (nSPS) is 10.9. The van der Waals surface area contributed by atoms with E-state index in [2.05, 4.69) is 20.4 Å². The zero-order valence-electron chi connectivity index (χ0n) is 18.9. The Bertz CT molecular complexity index is 1450. The molecule has 1 aromatic carbocycles. The lowest BCUT2D eigenvalue weighted by Crippen LogP contribution is -2.26. The summed E-state index contributed by atoms with van der Waals surface area (Å²) in [5, 5.41) is 9.40. The number of amides is 1. The van der Waals surface area contributed by atoms with Crippen molar-refractivity contribution in [3.05, 3.63) is 101 Å². The fourth-order valence-electron chi connectivity index (χ4n) is 3.72. The first-order valence-corrected chi connectivity index (χ1v) is 11.9. The van der Waals surface area contributed by atoms with Crippen molar-refractivity contribution in [3.63, 3.8) is 0 Å². The van der Waals surface area contributed by atoms with Crippen LogP contribution >= 0.6 is 11.3 Å². The molecule has 5 rings (SSSR count). The van der Waals surface area contributed by atoms with Gasteiger partial charge < -0.3 is 5.32 Å². The maximum atomic E-state index is 13.4. The summed E-state index contributed by atoms with van der Waals surface area (Å²) in [6.45, 7) is 2.38. The SMILES string of the molecule is Cc1cnc(-n2ncc(C(=O)NCCc3ccncc3)c2-c2cccs2)nc1-c1ccc(F)cc1. The first kappa shape index (κ1) is 22.5. The zero-order valence-corrected chi connectivity index (χ0v) is 19.7. The van der Waals surface area contributed by atoms with Crippen LogP contribution in [0.3, 0.4) is 0 Å². The number of pyridine rings is 1. The van der Waals surface area contributed by atoms with Crippen LogP contribution in [0.15, 0.2) is 78.7 Å². The van der Waals surface area contributed by atoms with Crippen LogP contribution in [0, 0.1) is 12.7 Å². The molecule has 0 bridgehead atoms. The second kappa shape index (κ2) is 9.94. The molecule has 0 unspecified atom stereocenters. The largest absolute Gasteiger partial charge is 0.352 e. The monoisotopic (exact) mass is 484 g/mol. The number of carbonyl (C=O) groups excluding carboxylic acids is 1. The van der Waals surface area contributed by atoms with Crippen molar-refractivity contribution in [2.24, 2.45) is 0 Å². The lowest BCUT2D eigenvalue weighted by atomic mass is 10.1. The molecule has 0 aliphatic rings. The lowest BCUT2D eigenvalue weighted by molar-refractivity contribution is 0.0955. The predicted octanol–water partition coefficient (Wildman–Crippen LogP) is 4.87. The lowest BCUT2D eigenvalue weighted by Gasteiger charge is -2.11. The summed E-state index contributed by atoms with van der Waals surface area (Å²) in [6, 6.07) is 13.9. The van der Waals surface area contributed by atoms with Crippen LogP contribution in [-0.2, 0) is 6.42 Å². The molecule has 0 spiro atoms. The van der Waals surface area contributed by atoms with E-state index in [-0.39, 0.29) is 11.7 Å². The summed E-state index contributed by atoms with van der Waals surface area (Å²) in [6.07, 6.45) is 7.40. The number of carbonyl (C=O) groups is 1. The van der Waals surface area contributed by atoms with E-state index in [4.69, 9.17) is 4.98 Å². The van der Waals surface area contributed by atoms with Crippen LogP contribution in [0.4, 0.5) is 4.39 Å². The molecule has 0 radical (unpaired) electrons. The molecule has 7 nitrogen and oxygen atoms in total. The van der Waals surface area contributed by atoms with E-state index in [9.17, 15) is 9.18 Å². The Balaban J connectivity index is 1.48. The van der Waals surface area contributed by atoms with Crippen LogP contribution in [-0.4, -0.2) is 37.2 Å². The van der Waals surface area contributed by atoms with Gasteiger partial charge in [-0.1, -0.05) is 6.07 Å². The molecule has 0 atom stereocenters. The van der Waals surface area contributed by atoms with Gasteiger partial charge in [0.2, 0.25) is 0 Å². The summed E-state index contributed by atoms with van der Waals surface area (Å²) >= 11 is 1.50. The molecule has 174 valence electrons. The van der Waals surface area contributed by atoms with Crippen molar-refractivity contribution in [2.75, 3.05) is 6.54 Å². The Kier molecular flexibility index (Phi) is 6.40. The molecule has 0 fully saturated rings. The van der Waals surface area contributed by atoms with E-state index < -0.39 is 0 Å². The number of aromatic nitrogens is 5. The molecule has 0 aliphatic heterocycles. The Morgan fingerprint density at radius 3 is 2.63 bits per heavy atom. The summed E-state index contributed by atoms with van der Waals surface area (Å²) in [5.41, 5.74) is 4.44. The Morgan fingerprint density at radius 1 is 1.09 bits per heavy atom. The summed E-state index contributed by atoms with van der Waals surface area (Å²) < 4.78 is 15.0. The van der Waals surface area contributed by atoms with Gasteiger partial charge in [-0.2, -0.15) is 9.78 Å². The first-order valence-electron chi connectivity index (χ1n) is 11.0. The van der Waals surface area contributed by atoms with Crippen molar-refractivity contribution in [3.8, 4) is 27.8 Å². The van der Waals surface area contributed by atoms with E-state index >= 15 is 0 Å². The first-order chi connectivity index (χ1) is 17.1. The second-order valence-electron chi connectivity index (χ2n) is 7.87. The average molecular weight is 485 g/mol. The number of benzene rings is 1. The van der Waals surface area contributed by atoms with Crippen LogP contribution in [0.25, 0.3) is 27.8 Å². The number of thiophene rings is 1. The van der Waals surface area contributed by atoms with Crippen LogP contribution < -0.4 is 5.32 Å². The van der Waals surface area contributed by atoms with Gasteiger partial charge in [-0.05, 0) is 72.3 Å². The van der Waals surface area contributed by atoms with Crippen molar-refractivity contribution in [1.29, 1.82) is 0 Å². The van der Waals surface area contributed by atoms with Gasteiger partial charge in [0.25, 0.3) is 11.9 Å². The minimum atomic E-state index is -0.313. The third-order valence-electron chi connectivity index (χ3n) is 5.48. The van der Waals surface area contributed by atoms with Gasteiger partial charge in [0, 0.05) is 30.7 Å². The minimum absolute atomic E-state index is 0.223. The highest BCUT2D eigenvalue weighted by Crippen LogP contribution is 2.30. The van der Waals surface area contributed by atoms with Gasteiger partial charge in [0.15, 0.2) is 0 Å². The van der Waals surface area contributed by atoms with Gasteiger partial charge in [-0.3, -0.25) is 9.78 Å². The number of aryl methyl sites for hydroxylation is 1. The molecule has 4 heterocycles. The van der Waals surface area contributed by atoms with E-state index in [1.54, 1.807) is 35.4 Å². The molecule has 1 N–H and O–H groups in total. The van der Waals surface area contributed by atoms with Crippen LogP contribution in [0.5, 0.6) is 0 Å². The van der Waals surface area contributed by atoms with Gasteiger partial charge in [-0.25, -0.2) is 14.4 Å². The highest BCUT2D eigenvalue weighted by Gasteiger charge is 2.22.